The predicted molar refractivity (Wildman–Crippen MR) is 58.9 cm³/mol. The van der Waals surface area contributed by atoms with Gasteiger partial charge in [-0.2, -0.15) is 0 Å². The first-order valence-electron chi connectivity index (χ1n) is 5.42. The predicted octanol–water partition coefficient (Wildman–Crippen LogP) is 2.50. The highest BCUT2D eigenvalue weighted by Crippen LogP contribution is 2.21. The van der Waals surface area contributed by atoms with E-state index in [1.165, 1.54) is 25.7 Å². The molecule has 1 aromatic heterocycles. The first-order valence-corrected chi connectivity index (χ1v) is 5.80. The van der Waals surface area contributed by atoms with Crippen LogP contribution in [0.15, 0.2) is 16.5 Å². The lowest BCUT2D eigenvalue weighted by Gasteiger charge is -2.14. The molecule has 84 valence electrons. The Kier molecular flexibility index (Phi) is 3.67. The van der Waals surface area contributed by atoms with Gasteiger partial charge in [0.1, 0.15) is 11.9 Å². The molecule has 0 amide bonds. The Hall–Kier alpha value is -0.510. The van der Waals surface area contributed by atoms with E-state index >= 15 is 0 Å². The van der Waals surface area contributed by atoms with Gasteiger partial charge in [0.2, 0.25) is 0 Å². The van der Waals surface area contributed by atoms with Gasteiger partial charge in [-0.3, -0.25) is 0 Å². The smallest absolute Gasteiger partial charge is 0.193 e. The number of furan rings is 1. The Bertz CT molecular complexity index is 307. The quantitative estimate of drug-likeness (QED) is 0.834. The van der Waals surface area contributed by atoms with Crippen molar-refractivity contribution in [2.45, 2.75) is 37.8 Å². The van der Waals surface area contributed by atoms with Gasteiger partial charge in [0.15, 0.2) is 5.22 Å². The standard InChI is InChI=1S/C11H16ClNO2/c12-11-6-5-10(15-11)9(14)7-13-8-3-1-2-4-8/h5-6,8-9,13-14H,1-4,7H2. The molecule has 0 saturated heterocycles. The van der Waals surface area contributed by atoms with Gasteiger partial charge < -0.3 is 14.8 Å². The molecule has 4 heteroatoms. The monoisotopic (exact) mass is 229 g/mol. The molecule has 1 unspecified atom stereocenters. The number of hydrogen-bond donors (Lipinski definition) is 2. The normalized spacial score (nSPS) is 19.6. The summed E-state index contributed by atoms with van der Waals surface area (Å²) < 4.78 is 5.14. The molecule has 1 heterocycles. The van der Waals surface area contributed by atoms with Crippen molar-refractivity contribution in [1.29, 1.82) is 0 Å². The molecule has 3 nitrogen and oxygen atoms in total. The second kappa shape index (κ2) is 5.01. The summed E-state index contributed by atoms with van der Waals surface area (Å²) in [5.41, 5.74) is 0. The fourth-order valence-electron chi connectivity index (χ4n) is 2.02. The summed E-state index contributed by atoms with van der Waals surface area (Å²) in [7, 11) is 0. The van der Waals surface area contributed by atoms with Gasteiger partial charge in [-0.05, 0) is 36.6 Å². The topological polar surface area (TPSA) is 45.4 Å². The molecule has 1 atom stereocenters. The van der Waals surface area contributed by atoms with Crippen LogP contribution in [-0.4, -0.2) is 17.7 Å². The van der Waals surface area contributed by atoms with Crippen LogP contribution in [0, 0.1) is 0 Å². The first-order chi connectivity index (χ1) is 7.25. The summed E-state index contributed by atoms with van der Waals surface area (Å²) in [6.45, 7) is 0.536. The van der Waals surface area contributed by atoms with Crippen molar-refractivity contribution in [1.82, 2.24) is 5.32 Å². The van der Waals surface area contributed by atoms with E-state index in [-0.39, 0.29) is 0 Å². The summed E-state index contributed by atoms with van der Waals surface area (Å²) in [6.07, 6.45) is 4.41. The Morgan fingerprint density at radius 3 is 2.80 bits per heavy atom. The Balaban J connectivity index is 1.79. The molecule has 1 aliphatic rings. The molecule has 1 saturated carbocycles. The average Bonchev–Trinajstić information content (AvgIpc) is 2.84. The highest BCUT2D eigenvalue weighted by molar-refractivity contribution is 6.28. The van der Waals surface area contributed by atoms with Gasteiger partial charge in [0.05, 0.1) is 0 Å². The highest BCUT2D eigenvalue weighted by atomic mass is 35.5. The zero-order valence-electron chi connectivity index (χ0n) is 8.58. The molecule has 2 rings (SSSR count). The lowest BCUT2D eigenvalue weighted by Crippen LogP contribution is -2.30. The van der Waals surface area contributed by atoms with E-state index in [9.17, 15) is 5.11 Å². The number of nitrogens with one attached hydrogen (secondary N) is 1. The molecular formula is C11H16ClNO2. The Morgan fingerprint density at radius 2 is 2.20 bits per heavy atom. The van der Waals surface area contributed by atoms with Gasteiger partial charge in [-0.15, -0.1) is 0 Å². The number of aliphatic hydroxyl groups is 1. The van der Waals surface area contributed by atoms with E-state index < -0.39 is 6.10 Å². The Labute approximate surface area is 94.4 Å². The van der Waals surface area contributed by atoms with Crippen molar-refractivity contribution >= 4 is 11.6 Å². The molecule has 0 aliphatic heterocycles. The molecule has 0 spiro atoms. The van der Waals surface area contributed by atoms with Crippen LogP contribution in [0.4, 0.5) is 0 Å². The summed E-state index contributed by atoms with van der Waals surface area (Å²) in [4.78, 5) is 0. The van der Waals surface area contributed by atoms with Crippen LogP contribution in [0.2, 0.25) is 5.22 Å². The zero-order chi connectivity index (χ0) is 10.7. The summed E-state index contributed by atoms with van der Waals surface area (Å²) >= 11 is 5.63. The maximum atomic E-state index is 9.78. The number of rotatable bonds is 4. The molecule has 1 aromatic rings. The molecule has 0 radical (unpaired) electrons. The lowest BCUT2D eigenvalue weighted by molar-refractivity contribution is 0.143. The highest BCUT2D eigenvalue weighted by Gasteiger charge is 2.17. The summed E-state index contributed by atoms with van der Waals surface area (Å²) in [5, 5.41) is 13.4. The first kappa shape index (κ1) is 11.0. The van der Waals surface area contributed by atoms with E-state index in [0.717, 1.165) is 0 Å². The van der Waals surface area contributed by atoms with Crippen molar-refractivity contribution in [2.75, 3.05) is 6.54 Å². The zero-order valence-corrected chi connectivity index (χ0v) is 9.33. The van der Waals surface area contributed by atoms with E-state index in [1.54, 1.807) is 12.1 Å². The van der Waals surface area contributed by atoms with Crippen LogP contribution in [0.3, 0.4) is 0 Å². The molecule has 1 aliphatic carbocycles. The maximum Gasteiger partial charge on any atom is 0.193 e. The van der Waals surface area contributed by atoms with Gasteiger partial charge in [0.25, 0.3) is 0 Å². The molecule has 0 bridgehead atoms. The van der Waals surface area contributed by atoms with Crippen LogP contribution < -0.4 is 5.32 Å². The van der Waals surface area contributed by atoms with Crippen molar-refractivity contribution in [3.8, 4) is 0 Å². The van der Waals surface area contributed by atoms with Gasteiger partial charge in [-0.25, -0.2) is 0 Å². The van der Waals surface area contributed by atoms with E-state index in [2.05, 4.69) is 5.32 Å². The second-order valence-electron chi connectivity index (χ2n) is 4.05. The summed E-state index contributed by atoms with van der Waals surface area (Å²) in [6, 6.07) is 3.92. The van der Waals surface area contributed by atoms with Gasteiger partial charge in [0, 0.05) is 12.6 Å². The molecule has 2 N–H and O–H groups in total. The third-order valence-corrected chi connectivity index (χ3v) is 3.08. The van der Waals surface area contributed by atoms with Gasteiger partial charge in [-0.1, -0.05) is 12.8 Å². The number of aliphatic hydroxyl groups excluding tert-OH is 1. The van der Waals surface area contributed by atoms with E-state index in [0.29, 0.717) is 23.6 Å². The minimum absolute atomic E-state index is 0.324. The Morgan fingerprint density at radius 1 is 1.47 bits per heavy atom. The molecule has 15 heavy (non-hydrogen) atoms. The SMILES string of the molecule is OC(CNC1CCCC1)c1ccc(Cl)o1. The molecular weight excluding hydrogens is 214 g/mol. The third-order valence-electron chi connectivity index (χ3n) is 2.88. The minimum atomic E-state index is -0.599. The van der Waals surface area contributed by atoms with Crippen LogP contribution >= 0.6 is 11.6 Å². The van der Waals surface area contributed by atoms with Crippen LogP contribution in [0.5, 0.6) is 0 Å². The van der Waals surface area contributed by atoms with Crippen LogP contribution in [0.1, 0.15) is 37.5 Å². The third kappa shape index (κ3) is 2.97. The van der Waals surface area contributed by atoms with Crippen LogP contribution in [0.25, 0.3) is 0 Å². The van der Waals surface area contributed by atoms with E-state index in [1.807, 2.05) is 0 Å². The second-order valence-corrected chi connectivity index (χ2v) is 4.42. The van der Waals surface area contributed by atoms with Gasteiger partial charge >= 0.3 is 0 Å². The molecule has 0 aromatic carbocycles. The lowest BCUT2D eigenvalue weighted by atomic mass is 10.2. The molecule has 1 fully saturated rings. The minimum Gasteiger partial charge on any atom is -0.447 e. The average molecular weight is 230 g/mol. The largest absolute Gasteiger partial charge is 0.447 e. The van der Waals surface area contributed by atoms with Crippen molar-refractivity contribution in [2.24, 2.45) is 0 Å². The fraction of sp³-hybridized carbons (Fsp3) is 0.636. The van der Waals surface area contributed by atoms with Crippen molar-refractivity contribution < 1.29 is 9.52 Å². The van der Waals surface area contributed by atoms with E-state index in [4.69, 9.17) is 16.0 Å². The summed E-state index contributed by atoms with van der Waals surface area (Å²) in [5.74, 6) is 0.533. The van der Waals surface area contributed by atoms with Crippen molar-refractivity contribution in [3.63, 3.8) is 0 Å². The maximum absolute atomic E-state index is 9.78. The van der Waals surface area contributed by atoms with Crippen LogP contribution in [-0.2, 0) is 0 Å². The number of halogens is 1. The number of hydrogen-bond acceptors (Lipinski definition) is 3. The fourth-order valence-corrected chi connectivity index (χ4v) is 2.17. The van der Waals surface area contributed by atoms with Crippen molar-refractivity contribution in [3.05, 3.63) is 23.1 Å².